The first-order valence-electron chi connectivity index (χ1n) is 6.84. The molecule has 3 rings (SSSR count). The van der Waals surface area contributed by atoms with Crippen LogP contribution in [0.1, 0.15) is 28.2 Å². The van der Waals surface area contributed by atoms with Gasteiger partial charge in [0, 0.05) is 35.4 Å². The van der Waals surface area contributed by atoms with Crippen LogP contribution in [0.25, 0.3) is 10.2 Å². The second kappa shape index (κ2) is 5.42. The quantitative estimate of drug-likeness (QED) is 0.867. The molecule has 1 amide bonds. The molecule has 3 heterocycles. The molecule has 21 heavy (non-hydrogen) atoms. The molecular weight excluding hydrogens is 308 g/mol. The molecule has 2 aromatic heterocycles. The maximum atomic E-state index is 12.4. The van der Waals surface area contributed by atoms with E-state index in [4.69, 9.17) is 5.73 Å². The fourth-order valence-electron chi connectivity index (χ4n) is 2.69. The van der Waals surface area contributed by atoms with Gasteiger partial charge in [-0.25, -0.2) is 0 Å². The van der Waals surface area contributed by atoms with Crippen LogP contribution in [0.5, 0.6) is 0 Å². The second-order valence-electron chi connectivity index (χ2n) is 5.33. The molecule has 3 N–H and O–H groups in total. The first kappa shape index (κ1) is 14.5. The molecule has 1 aliphatic rings. The van der Waals surface area contributed by atoms with Crippen LogP contribution in [0.4, 0.5) is 5.69 Å². The Morgan fingerprint density at radius 3 is 2.76 bits per heavy atom. The number of amides is 1. The molecule has 1 aliphatic heterocycles. The molecular formula is C13H18N4O2S2. The van der Waals surface area contributed by atoms with Crippen LogP contribution in [0.15, 0.2) is 0 Å². The summed E-state index contributed by atoms with van der Waals surface area (Å²) < 4.78 is 13.1. The number of rotatable bonds is 2. The van der Waals surface area contributed by atoms with Crippen molar-refractivity contribution in [2.24, 2.45) is 7.05 Å². The van der Waals surface area contributed by atoms with Crippen molar-refractivity contribution in [3.63, 3.8) is 0 Å². The van der Waals surface area contributed by atoms with E-state index in [1.807, 2.05) is 14.0 Å². The van der Waals surface area contributed by atoms with Crippen molar-refractivity contribution in [2.75, 3.05) is 17.2 Å². The van der Waals surface area contributed by atoms with Gasteiger partial charge in [0.1, 0.15) is 9.71 Å². The molecule has 0 bridgehead atoms. The highest BCUT2D eigenvalue weighted by molar-refractivity contribution is 7.85. The summed E-state index contributed by atoms with van der Waals surface area (Å²) in [4.78, 5) is 13.9. The Labute approximate surface area is 129 Å². The maximum Gasteiger partial charge on any atom is 0.263 e. The Hall–Kier alpha value is -1.41. The third-order valence-electron chi connectivity index (χ3n) is 3.81. The number of hydrogen-bond acceptors (Lipinski definition) is 5. The minimum atomic E-state index is -0.722. The lowest BCUT2D eigenvalue weighted by Gasteiger charge is -2.22. The number of carbonyl (C=O) groups is 1. The summed E-state index contributed by atoms with van der Waals surface area (Å²) in [5.74, 6) is 1.19. The molecule has 114 valence electrons. The summed E-state index contributed by atoms with van der Waals surface area (Å²) in [6, 6.07) is 0.0963. The van der Waals surface area contributed by atoms with Crippen molar-refractivity contribution < 1.29 is 9.00 Å². The van der Waals surface area contributed by atoms with E-state index in [0.29, 0.717) is 22.1 Å². The Morgan fingerprint density at radius 1 is 1.48 bits per heavy atom. The summed E-state index contributed by atoms with van der Waals surface area (Å²) in [5.41, 5.74) is 7.48. The zero-order chi connectivity index (χ0) is 15.1. The van der Waals surface area contributed by atoms with Crippen LogP contribution in [-0.2, 0) is 17.8 Å². The van der Waals surface area contributed by atoms with Crippen molar-refractivity contribution >= 4 is 43.9 Å². The molecule has 0 unspecified atom stereocenters. The summed E-state index contributed by atoms with van der Waals surface area (Å²) in [6.45, 7) is 1.89. The van der Waals surface area contributed by atoms with E-state index in [1.165, 1.54) is 11.3 Å². The second-order valence-corrected chi connectivity index (χ2v) is 8.03. The lowest BCUT2D eigenvalue weighted by Crippen LogP contribution is -2.39. The Balaban J connectivity index is 1.83. The number of aromatic nitrogens is 2. The van der Waals surface area contributed by atoms with E-state index in [9.17, 15) is 9.00 Å². The van der Waals surface area contributed by atoms with E-state index in [0.717, 1.165) is 28.8 Å². The minimum Gasteiger partial charge on any atom is -0.397 e. The van der Waals surface area contributed by atoms with Gasteiger partial charge in [0.15, 0.2) is 0 Å². The van der Waals surface area contributed by atoms with Crippen molar-refractivity contribution in [3.8, 4) is 0 Å². The number of hydrogen-bond donors (Lipinski definition) is 2. The fraction of sp³-hybridized carbons (Fsp3) is 0.538. The number of fused-ring (bicyclic) bond motifs is 1. The van der Waals surface area contributed by atoms with E-state index in [2.05, 4.69) is 10.4 Å². The molecule has 1 fully saturated rings. The van der Waals surface area contributed by atoms with Gasteiger partial charge in [-0.3, -0.25) is 13.7 Å². The third kappa shape index (κ3) is 2.57. The monoisotopic (exact) mass is 326 g/mol. The Bertz CT molecular complexity index is 724. The molecule has 0 saturated carbocycles. The molecule has 6 nitrogen and oxygen atoms in total. The standard InChI is InChI=1S/C13H18N4O2S2/c1-7-9-10(14)11(20-13(9)17(2)16-7)12(18)15-8-3-5-21(19)6-4-8/h8H,3-6,14H2,1-2H3,(H,15,18). The number of nitrogens with zero attached hydrogens (tertiary/aromatic N) is 2. The van der Waals surface area contributed by atoms with Gasteiger partial charge in [-0.1, -0.05) is 0 Å². The molecule has 0 aromatic carbocycles. The van der Waals surface area contributed by atoms with E-state index < -0.39 is 10.8 Å². The van der Waals surface area contributed by atoms with E-state index >= 15 is 0 Å². The summed E-state index contributed by atoms with van der Waals surface area (Å²) >= 11 is 1.37. The normalized spacial score (nSPS) is 22.6. The topological polar surface area (TPSA) is 90.0 Å². The van der Waals surface area contributed by atoms with E-state index in [1.54, 1.807) is 4.68 Å². The van der Waals surface area contributed by atoms with Gasteiger partial charge >= 0.3 is 0 Å². The van der Waals surface area contributed by atoms with Crippen LogP contribution < -0.4 is 11.1 Å². The highest BCUT2D eigenvalue weighted by atomic mass is 32.2. The SMILES string of the molecule is Cc1nn(C)c2sc(C(=O)NC3CCS(=O)CC3)c(N)c12. The smallest absolute Gasteiger partial charge is 0.263 e. The molecule has 1 saturated heterocycles. The molecule has 0 atom stereocenters. The fourth-order valence-corrected chi connectivity index (χ4v) is 5.08. The average Bonchev–Trinajstić information content (AvgIpc) is 2.92. The van der Waals surface area contributed by atoms with Crippen LogP contribution in [0.2, 0.25) is 0 Å². The number of nitrogens with two attached hydrogens (primary N) is 1. The van der Waals surface area contributed by atoms with Gasteiger partial charge in [-0.2, -0.15) is 5.10 Å². The van der Waals surface area contributed by atoms with Crippen molar-refractivity contribution in [2.45, 2.75) is 25.8 Å². The average molecular weight is 326 g/mol. The highest BCUT2D eigenvalue weighted by Gasteiger charge is 2.24. The molecule has 0 radical (unpaired) electrons. The van der Waals surface area contributed by atoms with Crippen LogP contribution >= 0.6 is 11.3 Å². The van der Waals surface area contributed by atoms with Crippen LogP contribution in [0.3, 0.4) is 0 Å². The van der Waals surface area contributed by atoms with Gasteiger partial charge in [0.05, 0.1) is 16.8 Å². The lowest BCUT2D eigenvalue weighted by molar-refractivity contribution is 0.0939. The van der Waals surface area contributed by atoms with E-state index in [-0.39, 0.29) is 11.9 Å². The van der Waals surface area contributed by atoms with Gasteiger partial charge in [-0.05, 0) is 19.8 Å². The van der Waals surface area contributed by atoms with Crippen LogP contribution in [-0.4, -0.2) is 37.4 Å². The number of nitrogen functional groups attached to an aromatic ring is 1. The van der Waals surface area contributed by atoms with Crippen molar-refractivity contribution in [3.05, 3.63) is 10.6 Å². The lowest BCUT2D eigenvalue weighted by atomic mass is 10.1. The molecule has 2 aromatic rings. The van der Waals surface area contributed by atoms with Gasteiger partial charge in [0.2, 0.25) is 0 Å². The van der Waals surface area contributed by atoms with Crippen molar-refractivity contribution in [1.29, 1.82) is 0 Å². The first-order chi connectivity index (χ1) is 9.97. The first-order valence-corrected chi connectivity index (χ1v) is 9.15. The number of aryl methyl sites for hydroxylation is 2. The minimum absolute atomic E-state index is 0.0963. The molecule has 0 aliphatic carbocycles. The Kier molecular flexibility index (Phi) is 3.75. The molecule has 8 heteroatoms. The molecule has 0 spiro atoms. The number of carbonyl (C=O) groups excluding carboxylic acids is 1. The predicted molar refractivity (Wildman–Crippen MR) is 86.1 cm³/mol. The zero-order valence-corrected chi connectivity index (χ0v) is 13.6. The number of thiophene rings is 1. The number of nitrogens with one attached hydrogen (secondary N) is 1. The maximum absolute atomic E-state index is 12.4. The summed E-state index contributed by atoms with van der Waals surface area (Å²) in [5, 5.41) is 8.20. The zero-order valence-electron chi connectivity index (χ0n) is 12.0. The largest absolute Gasteiger partial charge is 0.397 e. The van der Waals surface area contributed by atoms with Gasteiger partial charge < -0.3 is 11.1 Å². The van der Waals surface area contributed by atoms with Gasteiger partial charge in [-0.15, -0.1) is 11.3 Å². The van der Waals surface area contributed by atoms with Crippen LogP contribution in [0, 0.1) is 6.92 Å². The van der Waals surface area contributed by atoms with Gasteiger partial charge in [0.25, 0.3) is 5.91 Å². The predicted octanol–water partition coefficient (Wildman–Crippen LogP) is 1.17. The number of anilines is 1. The highest BCUT2D eigenvalue weighted by Crippen LogP contribution is 2.35. The third-order valence-corrected chi connectivity index (χ3v) is 6.46. The summed E-state index contributed by atoms with van der Waals surface area (Å²) in [7, 11) is 1.13. The van der Waals surface area contributed by atoms with Crippen molar-refractivity contribution in [1.82, 2.24) is 15.1 Å². The Morgan fingerprint density at radius 2 is 2.14 bits per heavy atom. The summed E-state index contributed by atoms with van der Waals surface area (Å²) in [6.07, 6.45) is 1.54.